The van der Waals surface area contributed by atoms with Crippen molar-refractivity contribution < 1.29 is 4.79 Å². The largest absolute Gasteiger partial charge is 0.361 e. The Labute approximate surface area is 67.0 Å². The van der Waals surface area contributed by atoms with Crippen LogP contribution in [0.4, 0.5) is 11.5 Å². The molecule has 0 unspecified atom stereocenters. The van der Waals surface area contributed by atoms with Crippen molar-refractivity contribution >= 4 is 17.4 Å². The van der Waals surface area contributed by atoms with Gasteiger partial charge in [-0.15, -0.1) is 0 Å². The van der Waals surface area contributed by atoms with Gasteiger partial charge in [0.2, 0.25) is 5.91 Å². The number of H-pyrrole nitrogens is 1. The summed E-state index contributed by atoms with van der Waals surface area (Å²) in [6.07, 6.45) is 1.32. The molecule has 62 valence electrons. The first-order valence-corrected chi connectivity index (χ1v) is 3.39. The maximum Gasteiger partial charge on any atom is 0.346 e. The summed E-state index contributed by atoms with van der Waals surface area (Å²) in [4.78, 5) is 27.4. The molecule has 2 heterocycles. The number of nitrogens with zero attached hydrogens (tertiary/aromatic N) is 1. The van der Waals surface area contributed by atoms with E-state index < -0.39 is 5.69 Å². The number of aromatic amines is 1. The lowest BCUT2D eigenvalue weighted by atomic mass is 10.3. The number of fused-ring (bicyclic) bond motifs is 1. The molecule has 0 aromatic carbocycles. The van der Waals surface area contributed by atoms with Crippen molar-refractivity contribution in [3.8, 4) is 0 Å². The first-order valence-electron chi connectivity index (χ1n) is 3.39. The minimum absolute atomic E-state index is 0.142. The molecule has 0 aliphatic carbocycles. The number of hydrogen-bond donors (Lipinski definition) is 3. The summed E-state index contributed by atoms with van der Waals surface area (Å²) < 4.78 is 0. The van der Waals surface area contributed by atoms with E-state index in [0.29, 0.717) is 11.5 Å². The molecule has 2 rings (SSSR count). The number of aromatic nitrogens is 2. The van der Waals surface area contributed by atoms with Crippen LogP contribution >= 0.6 is 0 Å². The Bertz CT molecular complexity index is 383. The van der Waals surface area contributed by atoms with E-state index in [1.165, 1.54) is 6.20 Å². The number of carbonyl (C=O) groups excluding carboxylic acids is 1. The van der Waals surface area contributed by atoms with Gasteiger partial charge in [-0.25, -0.2) is 4.79 Å². The molecule has 6 nitrogen and oxygen atoms in total. The molecule has 12 heavy (non-hydrogen) atoms. The summed E-state index contributed by atoms with van der Waals surface area (Å²) in [5.74, 6) is 0.367. The zero-order valence-electron chi connectivity index (χ0n) is 6.05. The maximum atomic E-state index is 10.8. The molecule has 1 aromatic heterocycles. The Hall–Kier alpha value is -1.85. The predicted octanol–water partition coefficient (Wildman–Crippen LogP) is -0.866. The molecule has 0 saturated heterocycles. The van der Waals surface area contributed by atoms with Gasteiger partial charge in [-0.2, -0.15) is 4.98 Å². The molecular weight excluding hydrogens is 160 g/mol. The van der Waals surface area contributed by atoms with Gasteiger partial charge in [0.05, 0.1) is 12.7 Å². The molecule has 1 aromatic rings. The van der Waals surface area contributed by atoms with Gasteiger partial charge in [-0.05, 0) is 0 Å². The van der Waals surface area contributed by atoms with Gasteiger partial charge in [0.15, 0.2) is 0 Å². The Morgan fingerprint density at radius 3 is 3.08 bits per heavy atom. The number of rotatable bonds is 0. The number of anilines is 2. The third kappa shape index (κ3) is 1.03. The van der Waals surface area contributed by atoms with E-state index in [4.69, 9.17) is 0 Å². The summed E-state index contributed by atoms with van der Waals surface area (Å²) in [5.41, 5.74) is 0.0725. The molecule has 0 saturated carbocycles. The zero-order chi connectivity index (χ0) is 8.55. The second-order valence-electron chi connectivity index (χ2n) is 2.38. The van der Waals surface area contributed by atoms with E-state index in [-0.39, 0.29) is 12.5 Å². The van der Waals surface area contributed by atoms with Crippen molar-refractivity contribution in [2.45, 2.75) is 0 Å². The minimum Gasteiger partial charge on any atom is -0.361 e. The summed E-state index contributed by atoms with van der Waals surface area (Å²) in [5, 5.41) is 5.30. The fourth-order valence-electron chi connectivity index (χ4n) is 0.992. The van der Waals surface area contributed by atoms with Crippen LogP contribution in [0.5, 0.6) is 0 Å². The highest BCUT2D eigenvalue weighted by Gasteiger charge is 2.13. The van der Waals surface area contributed by atoms with Crippen molar-refractivity contribution in [2.75, 3.05) is 17.2 Å². The van der Waals surface area contributed by atoms with E-state index >= 15 is 0 Å². The zero-order valence-corrected chi connectivity index (χ0v) is 6.05. The van der Waals surface area contributed by atoms with Gasteiger partial charge >= 0.3 is 5.69 Å². The van der Waals surface area contributed by atoms with Gasteiger partial charge in [0.25, 0.3) is 0 Å². The number of nitrogens with one attached hydrogen (secondary N) is 3. The van der Waals surface area contributed by atoms with Crippen molar-refractivity contribution in [1.82, 2.24) is 9.97 Å². The second kappa shape index (κ2) is 2.33. The topological polar surface area (TPSA) is 86.9 Å². The molecular formula is C6H6N4O2. The highest BCUT2D eigenvalue weighted by molar-refractivity contribution is 5.99. The van der Waals surface area contributed by atoms with Crippen LogP contribution in [0.25, 0.3) is 0 Å². The van der Waals surface area contributed by atoms with E-state index in [9.17, 15) is 9.59 Å². The maximum absolute atomic E-state index is 10.8. The van der Waals surface area contributed by atoms with E-state index in [1.807, 2.05) is 0 Å². The van der Waals surface area contributed by atoms with Gasteiger partial charge in [0, 0.05) is 0 Å². The molecule has 3 N–H and O–H groups in total. The second-order valence-corrected chi connectivity index (χ2v) is 2.38. The average molecular weight is 166 g/mol. The van der Waals surface area contributed by atoms with E-state index in [1.54, 1.807) is 0 Å². The van der Waals surface area contributed by atoms with Crippen molar-refractivity contribution in [1.29, 1.82) is 0 Å². The van der Waals surface area contributed by atoms with Crippen molar-refractivity contribution in [3.05, 3.63) is 16.7 Å². The standard InChI is InChI=1S/C6H6N4O2/c11-4-2-7-5-3(9-4)1-8-6(12)10-5/h1H,2H2,(H,9,11)(H2,7,8,10,12). The molecule has 6 heteroatoms. The fourth-order valence-corrected chi connectivity index (χ4v) is 0.992. The predicted molar refractivity (Wildman–Crippen MR) is 42.0 cm³/mol. The van der Waals surface area contributed by atoms with Crippen LogP contribution in [-0.4, -0.2) is 22.4 Å². The molecule has 0 radical (unpaired) electrons. The molecule has 1 aliphatic rings. The highest BCUT2D eigenvalue weighted by atomic mass is 16.2. The quantitative estimate of drug-likeness (QED) is 0.467. The third-order valence-electron chi connectivity index (χ3n) is 1.51. The van der Waals surface area contributed by atoms with E-state index in [2.05, 4.69) is 20.6 Å². The van der Waals surface area contributed by atoms with Crippen LogP contribution in [-0.2, 0) is 4.79 Å². The lowest BCUT2D eigenvalue weighted by Crippen LogP contribution is -2.30. The van der Waals surface area contributed by atoms with Crippen LogP contribution < -0.4 is 16.3 Å². The Kier molecular flexibility index (Phi) is 1.33. The monoisotopic (exact) mass is 166 g/mol. The van der Waals surface area contributed by atoms with Gasteiger partial charge < -0.3 is 10.6 Å². The van der Waals surface area contributed by atoms with Gasteiger partial charge in [-0.3, -0.25) is 9.78 Å². The normalized spacial score (nSPS) is 14.5. The SMILES string of the molecule is O=C1CNc2[nH]c(=O)ncc2N1. The highest BCUT2D eigenvalue weighted by Crippen LogP contribution is 2.17. The first kappa shape index (κ1) is 6.84. The summed E-state index contributed by atoms with van der Waals surface area (Å²) in [6, 6.07) is 0. The molecule has 1 amide bonds. The lowest BCUT2D eigenvalue weighted by molar-refractivity contribution is -0.114. The molecule has 0 atom stereocenters. The van der Waals surface area contributed by atoms with Crippen LogP contribution in [0.1, 0.15) is 0 Å². The van der Waals surface area contributed by atoms with Crippen LogP contribution in [0.2, 0.25) is 0 Å². The lowest BCUT2D eigenvalue weighted by Gasteiger charge is -2.16. The molecule has 0 fully saturated rings. The van der Waals surface area contributed by atoms with Gasteiger partial charge in [-0.1, -0.05) is 0 Å². The molecule has 1 aliphatic heterocycles. The summed E-state index contributed by atoms with van der Waals surface area (Å²) in [6.45, 7) is 0.174. The Morgan fingerprint density at radius 2 is 2.25 bits per heavy atom. The molecule has 0 spiro atoms. The number of carbonyl (C=O) groups is 1. The van der Waals surface area contributed by atoms with Gasteiger partial charge in [0.1, 0.15) is 11.5 Å². The van der Waals surface area contributed by atoms with Crippen molar-refractivity contribution in [3.63, 3.8) is 0 Å². The first-order chi connectivity index (χ1) is 5.75. The minimum atomic E-state index is -0.433. The van der Waals surface area contributed by atoms with Crippen molar-refractivity contribution in [2.24, 2.45) is 0 Å². The summed E-state index contributed by atoms with van der Waals surface area (Å²) in [7, 11) is 0. The number of hydrogen-bond acceptors (Lipinski definition) is 4. The third-order valence-corrected chi connectivity index (χ3v) is 1.51. The van der Waals surface area contributed by atoms with Crippen LogP contribution in [0.15, 0.2) is 11.0 Å². The van der Waals surface area contributed by atoms with Crippen LogP contribution in [0, 0.1) is 0 Å². The van der Waals surface area contributed by atoms with Crippen LogP contribution in [0.3, 0.4) is 0 Å². The fraction of sp³-hybridized carbons (Fsp3) is 0.167. The Morgan fingerprint density at radius 1 is 1.42 bits per heavy atom. The smallest absolute Gasteiger partial charge is 0.346 e. The van der Waals surface area contributed by atoms with E-state index in [0.717, 1.165) is 0 Å². The molecule has 0 bridgehead atoms. The summed E-state index contributed by atoms with van der Waals surface area (Å²) >= 11 is 0. The number of amides is 1. The Balaban J connectivity index is 2.49. The average Bonchev–Trinajstić information content (AvgIpc) is 2.05.